The molecule has 0 aliphatic carbocycles. The lowest BCUT2D eigenvalue weighted by Crippen LogP contribution is -2.37. The fraction of sp³-hybridized carbons (Fsp3) is 0.579. The summed E-state index contributed by atoms with van der Waals surface area (Å²) in [5.41, 5.74) is 0.785. The number of ether oxygens (including phenoxy) is 3. The van der Waals surface area contributed by atoms with Crippen LogP contribution in [-0.4, -0.2) is 49.7 Å². The van der Waals surface area contributed by atoms with Crippen LogP contribution < -0.4 is 9.47 Å². The average molecular weight is 347 g/mol. The zero-order chi connectivity index (χ0) is 17.5. The Morgan fingerprint density at radius 3 is 2.40 bits per heavy atom. The molecule has 0 saturated carbocycles. The second-order valence-corrected chi connectivity index (χ2v) is 6.46. The normalized spacial score (nSPS) is 17.4. The maximum atomic E-state index is 12.2. The number of carbonyl (C=O) groups excluding carboxylic acids is 2. The number of fused-ring (bicyclic) bond motifs is 1. The van der Waals surface area contributed by atoms with E-state index in [4.69, 9.17) is 14.2 Å². The van der Waals surface area contributed by atoms with Crippen LogP contribution in [0, 0.1) is 0 Å². The summed E-state index contributed by atoms with van der Waals surface area (Å²) in [7, 11) is 0. The highest BCUT2D eigenvalue weighted by atomic mass is 16.6. The standard InChI is InChI=1S/C19H25NO5/c21-18(20-8-4-2-1-3-5-9-20)14-25-19(22)13-15-6-7-16-17(12-15)24-11-10-23-16/h6-7,12H,1-5,8-11,13-14H2. The number of hydrogen-bond donors (Lipinski definition) is 0. The molecule has 2 heterocycles. The first kappa shape index (κ1) is 17.6. The molecule has 2 aliphatic rings. The molecule has 0 atom stereocenters. The van der Waals surface area contributed by atoms with Gasteiger partial charge in [0.2, 0.25) is 0 Å². The molecule has 6 nitrogen and oxygen atoms in total. The van der Waals surface area contributed by atoms with Crippen LogP contribution in [0.3, 0.4) is 0 Å². The Hall–Kier alpha value is -2.24. The Kier molecular flexibility index (Phi) is 6.14. The number of esters is 1. The number of likely N-dealkylation sites (tertiary alicyclic amines) is 1. The van der Waals surface area contributed by atoms with Crippen LogP contribution in [0.25, 0.3) is 0 Å². The highest BCUT2D eigenvalue weighted by molar-refractivity contribution is 5.81. The lowest BCUT2D eigenvalue weighted by Gasteiger charge is -2.24. The molecular weight excluding hydrogens is 322 g/mol. The number of benzene rings is 1. The fourth-order valence-corrected chi connectivity index (χ4v) is 3.15. The van der Waals surface area contributed by atoms with Crippen LogP contribution in [-0.2, 0) is 20.7 Å². The third-order valence-electron chi connectivity index (χ3n) is 4.52. The van der Waals surface area contributed by atoms with Gasteiger partial charge < -0.3 is 19.1 Å². The number of amides is 1. The van der Waals surface area contributed by atoms with Crippen molar-refractivity contribution in [1.82, 2.24) is 4.90 Å². The van der Waals surface area contributed by atoms with Crippen molar-refractivity contribution in [3.63, 3.8) is 0 Å². The molecule has 1 aromatic rings. The molecule has 0 bridgehead atoms. The van der Waals surface area contributed by atoms with E-state index in [1.807, 2.05) is 11.0 Å². The van der Waals surface area contributed by atoms with Crippen LogP contribution in [0.2, 0.25) is 0 Å². The summed E-state index contributed by atoms with van der Waals surface area (Å²) in [6.07, 6.45) is 5.73. The lowest BCUT2D eigenvalue weighted by molar-refractivity contribution is -0.151. The molecule has 0 radical (unpaired) electrons. The van der Waals surface area contributed by atoms with Crippen molar-refractivity contribution in [3.8, 4) is 11.5 Å². The van der Waals surface area contributed by atoms with Crippen molar-refractivity contribution in [2.45, 2.75) is 38.5 Å². The molecule has 1 amide bonds. The quantitative estimate of drug-likeness (QED) is 0.782. The lowest BCUT2D eigenvalue weighted by atomic mass is 10.1. The van der Waals surface area contributed by atoms with Gasteiger partial charge in [-0.3, -0.25) is 9.59 Å². The summed E-state index contributed by atoms with van der Waals surface area (Å²) in [5.74, 6) is 0.832. The van der Waals surface area contributed by atoms with Gasteiger partial charge in [-0.2, -0.15) is 0 Å². The van der Waals surface area contributed by atoms with E-state index in [-0.39, 0.29) is 18.9 Å². The molecule has 25 heavy (non-hydrogen) atoms. The van der Waals surface area contributed by atoms with Crippen molar-refractivity contribution in [3.05, 3.63) is 23.8 Å². The molecule has 1 aromatic carbocycles. The molecule has 1 saturated heterocycles. The van der Waals surface area contributed by atoms with Crippen molar-refractivity contribution in [2.24, 2.45) is 0 Å². The largest absolute Gasteiger partial charge is 0.486 e. The van der Waals surface area contributed by atoms with E-state index >= 15 is 0 Å². The van der Waals surface area contributed by atoms with Gasteiger partial charge in [-0.25, -0.2) is 0 Å². The first-order chi connectivity index (χ1) is 12.2. The third-order valence-corrected chi connectivity index (χ3v) is 4.52. The summed E-state index contributed by atoms with van der Waals surface area (Å²) < 4.78 is 16.1. The molecule has 0 spiro atoms. The number of rotatable bonds is 4. The minimum absolute atomic E-state index is 0.0996. The highest BCUT2D eigenvalue weighted by Gasteiger charge is 2.18. The van der Waals surface area contributed by atoms with E-state index < -0.39 is 5.97 Å². The van der Waals surface area contributed by atoms with Gasteiger partial charge in [-0.15, -0.1) is 0 Å². The summed E-state index contributed by atoms with van der Waals surface area (Å²) in [5, 5.41) is 0. The molecule has 0 unspecified atom stereocenters. The van der Waals surface area contributed by atoms with E-state index in [0.29, 0.717) is 24.7 Å². The molecule has 3 rings (SSSR count). The van der Waals surface area contributed by atoms with Gasteiger partial charge in [-0.05, 0) is 30.5 Å². The van der Waals surface area contributed by atoms with E-state index in [0.717, 1.165) is 44.3 Å². The Morgan fingerprint density at radius 2 is 1.64 bits per heavy atom. The van der Waals surface area contributed by atoms with Gasteiger partial charge in [0.15, 0.2) is 18.1 Å². The van der Waals surface area contributed by atoms with Crippen LogP contribution in [0.4, 0.5) is 0 Å². The van der Waals surface area contributed by atoms with Crippen molar-refractivity contribution in [2.75, 3.05) is 32.9 Å². The summed E-state index contributed by atoms with van der Waals surface area (Å²) in [4.78, 5) is 26.1. The van der Waals surface area contributed by atoms with Gasteiger partial charge in [0.25, 0.3) is 5.91 Å². The molecular formula is C19H25NO5. The maximum absolute atomic E-state index is 12.2. The summed E-state index contributed by atoms with van der Waals surface area (Å²) in [6, 6.07) is 5.40. The highest BCUT2D eigenvalue weighted by Crippen LogP contribution is 2.30. The van der Waals surface area contributed by atoms with Crippen molar-refractivity contribution < 1.29 is 23.8 Å². The molecule has 0 aromatic heterocycles. The Bertz CT molecular complexity index is 608. The number of nitrogens with zero attached hydrogens (tertiary/aromatic N) is 1. The van der Waals surface area contributed by atoms with E-state index in [2.05, 4.69) is 0 Å². The molecule has 1 fully saturated rings. The zero-order valence-electron chi connectivity index (χ0n) is 14.5. The second-order valence-electron chi connectivity index (χ2n) is 6.46. The third kappa shape index (κ3) is 5.11. The number of hydrogen-bond acceptors (Lipinski definition) is 5. The zero-order valence-corrected chi connectivity index (χ0v) is 14.5. The predicted octanol–water partition coefficient (Wildman–Crippen LogP) is 2.34. The number of carbonyl (C=O) groups is 2. The minimum Gasteiger partial charge on any atom is -0.486 e. The Morgan fingerprint density at radius 1 is 0.960 bits per heavy atom. The first-order valence-corrected chi connectivity index (χ1v) is 9.04. The van der Waals surface area contributed by atoms with Crippen molar-refractivity contribution >= 4 is 11.9 Å². The average Bonchev–Trinajstić information content (AvgIpc) is 2.59. The van der Waals surface area contributed by atoms with Gasteiger partial charge >= 0.3 is 5.97 Å². The van der Waals surface area contributed by atoms with Gasteiger partial charge in [0.1, 0.15) is 13.2 Å². The van der Waals surface area contributed by atoms with Gasteiger partial charge in [-0.1, -0.05) is 25.3 Å². The van der Waals surface area contributed by atoms with E-state index in [9.17, 15) is 9.59 Å². The van der Waals surface area contributed by atoms with E-state index in [1.165, 1.54) is 6.42 Å². The molecule has 6 heteroatoms. The fourth-order valence-electron chi connectivity index (χ4n) is 3.15. The first-order valence-electron chi connectivity index (χ1n) is 9.04. The molecule has 0 N–H and O–H groups in total. The second kappa shape index (κ2) is 8.74. The SMILES string of the molecule is O=C(Cc1ccc2c(c1)OCCO2)OCC(=O)N1CCCCCCC1. The minimum atomic E-state index is -0.405. The maximum Gasteiger partial charge on any atom is 0.310 e. The van der Waals surface area contributed by atoms with Crippen LogP contribution >= 0.6 is 0 Å². The van der Waals surface area contributed by atoms with Crippen LogP contribution in [0.1, 0.15) is 37.7 Å². The molecule has 136 valence electrons. The Labute approximate surface area is 148 Å². The summed E-state index contributed by atoms with van der Waals surface area (Å²) in [6.45, 7) is 2.39. The topological polar surface area (TPSA) is 65.1 Å². The molecule has 2 aliphatic heterocycles. The van der Waals surface area contributed by atoms with Gasteiger partial charge in [0.05, 0.1) is 6.42 Å². The smallest absolute Gasteiger partial charge is 0.310 e. The van der Waals surface area contributed by atoms with E-state index in [1.54, 1.807) is 12.1 Å². The summed E-state index contributed by atoms with van der Waals surface area (Å²) >= 11 is 0. The van der Waals surface area contributed by atoms with Crippen LogP contribution in [0.5, 0.6) is 11.5 Å². The van der Waals surface area contributed by atoms with Crippen molar-refractivity contribution in [1.29, 1.82) is 0 Å². The Balaban J connectivity index is 1.46. The van der Waals surface area contributed by atoms with Gasteiger partial charge in [0, 0.05) is 13.1 Å². The predicted molar refractivity (Wildman–Crippen MR) is 91.8 cm³/mol. The monoisotopic (exact) mass is 347 g/mol. The van der Waals surface area contributed by atoms with Crippen LogP contribution in [0.15, 0.2) is 18.2 Å².